The predicted molar refractivity (Wildman–Crippen MR) is 103 cm³/mol. The van der Waals surface area contributed by atoms with Crippen molar-refractivity contribution < 1.29 is 14.3 Å². The summed E-state index contributed by atoms with van der Waals surface area (Å²) in [6.45, 7) is 1.31. The Balaban J connectivity index is 1.38. The number of ether oxygens (including phenoxy) is 2. The number of anilines is 1. The van der Waals surface area contributed by atoms with Crippen molar-refractivity contribution in [3.63, 3.8) is 0 Å². The second-order valence-corrected chi connectivity index (χ2v) is 7.01. The molecule has 0 atom stereocenters. The average Bonchev–Trinajstić information content (AvgIpc) is 2.87. The standard InChI is InChI=1S/C20H23NO3S/c22-20(15-25-13-4-8-16-6-2-1-3-7-16)21-17-9-10-18-19(14-17)24-12-5-11-23-18/h1-3,6-7,9-10,14H,4-5,8,11-13,15H2,(H,21,22). The minimum absolute atomic E-state index is 0.0131. The van der Waals surface area contributed by atoms with Crippen LogP contribution in [0.15, 0.2) is 48.5 Å². The number of carbonyl (C=O) groups excluding carboxylic acids is 1. The molecule has 1 amide bonds. The zero-order chi connectivity index (χ0) is 17.3. The van der Waals surface area contributed by atoms with Crippen LogP contribution in [-0.2, 0) is 11.2 Å². The van der Waals surface area contributed by atoms with Gasteiger partial charge in [0.15, 0.2) is 11.5 Å². The van der Waals surface area contributed by atoms with Gasteiger partial charge in [0, 0.05) is 18.2 Å². The molecule has 0 radical (unpaired) electrons. The smallest absolute Gasteiger partial charge is 0.234 e. The molecule has 0 bridgehead atoms. The van der Waals surface area contributed by atoms with Crippen molar-refractivity contribution in [1.29, 1.82) is 0 Å². The number of nitrogens with one attached hydrogen (secondary N) is 1. The van der Waals surface area contributed by atoms with Crippen LogP contribution in [0, 0.1) is 0 Å². The quantitative estimate of drug-likeness (QED) is 0.756. The van der Waals surface area contributed by atoms with E-state index in [1.165, 1.54) is 5.56 Å². The van der Waals surface area contributed by atoms with E-state index >= 15 is 0 Å². The van der Waals surface area contributed by atoms with E-state index in [9.17, 15) is 4.79 Å². The monoisotopic (exact) mass is 357 g/mol. The first-order valence-corrected chi connectivity index (χ1v) is 9.78. The Hall–Kier alpha value is -2.14. The maximum absolute atomic E-state index is 12.1. The van der Waals surface area contributed by atoms with Gasteiger partial charge < -0.3 is 14.8 Å². The molecule has 0 saturated carbocycles. The molecule has 1 heterocycles. The third kappa shape index (κ3) is 5.71. The van der Waals surface area contributed by atoms with Gasteiger partial charge in [-0.25, -0.2) is 0 Å². The third-order valence-electron chi connectivity index (χ3n) is 3.86. The highest BCUT2D eigenvalue weighted by Crippen LogP contribution is 2.32. The van der Waals surface area contributed by atoms with Crippen LogP contribution >= 0.6 is 11.8 Å². The molecular weight excluding hydrogens is 334 g/mol. The molecule has 1 aliphatic heterocycles. The largest absolute Gasteiger partial charge is 0.490 e. The van der Waals surface area contributed by atoms with Crippen LogP contribution in [0.5, 0.6) is 11.5 Å². The summed E-state index contributed by atoms with van der Waals surface area (Å²) < 4.78 is 11.2. The normalized spacial score (nSPS) is 13.1. The number of fused-ring (bicyclic) bond motifs is 1. The van der Waals surface area contributed by atoms with E-state index in [2.05, 4.69) is 29.6 Å². The van der Waals surface area contributed by atoms with E-state index < -0.39 is 0 Å². The molecule has 1 aliphatic rings. The van der Waals surface area contributed by atoms with Crippen molar-refractivity contribution in [3.05, 3.63) is 54.1 Å². The van der Waals surface area contributed by atoms with Crippen LogP contribution in [0.3, 0.4) is 0 Å². The topological polar surface area (TPSA) is 47.6 Å². The van der Waals surface area contributed by atoms with Crippen LogP contribution < -0.4 is 14.8 Å². The second kappa shape index (κ2) is 9.37. The van der Waals surface area contributed by atoms with Gasteiger partial charge in [-0.3, -0.25) is 4.79 Å². The van der Waals surface area contributed by atoms with Gasteiger partial charge in [-0.05, 0) is 36.3 Å². The van der Waals surface area contributed by atoms with Gasteiger partial charge >= 0.3 is 0 Å². The molecule has 0 spiro atoms. The highest BCUT2D eigenvalue weighted by atomic mass is 32.2. The van der Waals surface area contributed by atoms with Crippen molar-refractivity contribution in [3.8, 4) is 11.5 Å². The predicted octanol–water partition coefficient (Wildman–Crippen LogP) is 4.15. The Kier molecular flexibility index (Phi) is 6.63. The Morgan fingerprint density at radius 2 is 1.84 bits per heavy atom. The number of amides is 1. The lowest BCUT2D eigenvalue weighted by molar-refractivity contribution is -0.113. The summed E-state index contributed by atoms with van der Waals surface area (Å²) in [6.07, 6.45) is 3.00. The molecule has 0 aliphatic carbocycles. The molecule has 0 saturated heterocycles. The van der Waals surface area contributed by atoms with Crippen molar-refractivity contribution >= 4 is 23.4 Å². The number of aryl methyl sites for hydroxylation is 1. The lowest BCUT2D eigenvalue weighted by atomic mass is 10.1. The number of thioether (sulfide) groups is 1. The Labute approximate surface area is 152 Å². The lowest BCUT2D eigenvalue weighted by Gasteiger charge is -2.10. The molecule has 1 N–H and O–H groups in total. The van der Waals surface area contributed by atoms with Crippen molar-refractivity contribution in [2.24, 2.45) is 0 Å². The summed E-state index contributed by atoms with van der Waals surface area (Å²) in [5.41, 5.74) is 2.10. The second-order valence-electron chi connectivity index (χ2n) is 5.90. The molecule has 2 aromatic rings. The van der Waals surface area contributed by atoms with Crippen molar-refractivity contribution in [2.45, 2.75) is 19.3 Å². The van der Waals surface area contributed by atoms with Crippen molar-refractivity contribution in [1.82, 2.24) is 0 Å². The van der Waals surface area contributed by atoms with E-state index in [0.29, 0.717) is 24.7 Å². The SMILES string of the molecule is O=C(CSCCCc1ccccc1)Nc1ccc2c(c1)OCCCO2. The first kappa shape index (κ1) is 17.7. The molecule has 0 aromatic heterocycles. The highest BCUT2D eigenvalue weighted by Gasteiger charge is 2.11. The highest BCUT2D eigenvalue weighted by molar-refractivity contribution is 7.99. The van der Waals surface area contributed by atoms with Crippen LogP contribution in [0.25, 0.3) is 0 Å². The molecule has 132 valence electrons. The summed E-state index contributed by atoms with van der Waals surface area (Å²) in [5, 5.41) is 2.93. The van der Waals surface area contributed by atoms with Gasteiger partial charge in [0.05, 0.1) is 19.0 Å². The average molecular weight is 357 g/mol. The summed E-state index contributed by atoms with van der Waals surface area (Å²) in [4.78, 5) is 12.1. The van der Waals surface area contributed by atoms with Crippen LogP contribution in [0.4, 0.5) is 5.69 Å². The molecule has 4 nitrogen and oxygen atoms in total. The molecule has 5 heteroatoms. The van der Waals surface area contributed by atoms with E-state index in [0.717, 1.165) is 36.5 Å². The number of hydrogen-bond acceptors (Lipinski definition) is 4. The first-order chi connectivity index (χ1) is 12.3. The minimum atomic E-state index is 0.0131. The van der Waals surface area contributed by atoms with Gasteiger partial charge in [-0.1, -0.05) is 30.3 Å². The van der Waals surface area contributed by atoms with E-state index in [1.54, 1.807) is 11.8 Å². The summed E-state index contributed by atoms with van der Waals surface area (Å²) in [6, 6.07) is 16.0. The number of carbonyl (C=O) groups is 1. The van der Waals surface area contributed by atoms with Gasteiger partial charge in [-0.15, -0.1) is 0 Å². The van der Waals surface area contributed by atoms with Gasteiger partial charge in [0.25, 0.3) is 0 Å². The Morgan fingerprint density at radius 3 is 2.68 bits per heavy atom. The zero-order valence-electron chi connectivity index (χ0n) is 14.2. The van der Waals surface area contributed by atoms with Crippen LogP contribution in [-0.4, -0.2) is 30.6 Å². The summed E-state index contributed by atoms with van der Waals surface area (Å²) >= 11 is 1.66. The molecule has 3 rings (SSSR count). The molecular formula is C20H23NO3S. The first-order valence-electron chi connectivity index (χ1n) is 8.62. The minimum Gasteiger partial charge on any atom is -0.490 e. The Morgan fingerprint density at radius 1 is 1.04 bits per heavy atom. The van der Waals surface area contributed by atoms with Gasteiger partial charge in [-0.2, -0.15) is 11.8 Å². The lowest BCUT2D eigenvalue weighted by Crippen LogP contribution is -2.14. The zero-order valence-corrected chi connectivity index (χ0v) is 15.0. The third-order valence-corrected chi connectivity index (χ3v) is 4.91. The molecule has 25 heavy (non-hydrogen) atoms. The van der Waals surface area contributed by atoms with E-state index in [4.69, 9.17) is 9.47 Å². The molecule has 0 unspecified atom stereocenters. The maximum Gasteiger partial charge on any atom is 0.234 e. The molecule has 2 aromatic carbocycles. The fourth-order valence-electron chi connectivity index (χ4n) is 2.63. The number of hydrogen-bond donors (Lipinski definition) is 1. The summed E-state index contributed by atoms with van der Waals surface area (Å²) in [7, 11) is 0. The van der Waals surface area contributed by atoms with Crippen LogP contribution in [0.2, 0.25) is 0 Å². The van der Waals surface area contributed by atoms with E-state index in [1.807, 2.05) is 24.3 Å². The van der Waals surface area contributed by atoms with Crippen molar-refractivity contribution in [2.75, 3.05) is 30.0 Å². The van der Waals surface area contributed by atoms with Gasteiger partial charge in [0.1, 0.15) is 0 Å². The van der Waals surface area contributed by atoms with Gasteiger partial charge in [0.2, 0.25) is 5.91 Å². The number of rotatable bonds is 7. The fraction of sp³-hybridized carbons (Fsp3) is 0.350. The maximum atomic E-state index is 12.1. The molecule has 0 fully saturated rings. The summed E-state index contributed by atoms with van der Waals surface area (Å²) in [5.74, 6) is 2.89. The number of benzene rings is 2. The Bertz CT molecular complexity index is 691. The van der Waals surface area contributed by atoms with E-state index in [-0.39, 0.29) is 5.91 Å². The fourth-order valence-corrected chi connectivity index (χ4v) is 3.38. The van der Waals surface area contributed by atoms with Crippen LogP contribution in [0.1, 0.15) is 18.4 Å².